The first-order chi connectivity index (χ1) is 18.1. The summed E-state index contributed by atoms with van der Waals surface area (Å²) >= 11 is 0. The molecule has 1 unspecified atom stereocenters. The number of carbonyl (C=O) groups is 3. The Morgan fingerprint density at radius 1 is 0.784 bits per heavy atom. The first-order valence-corrected chi connectivity index (χ1v) is 13.2. The predicted octanol–water partition coefficient (Wildman–Crippen LogP) is 1.26. The summed E-state index contributed by atoms with van der Waals surface area (Å²) in [6, 6.07) is 16.1. The third-order valence-corrected chi connectivity index (χ3v) is 6.78. The van der Waals surface area contributed by atoms with Crippen LogP contribution in [0.4, 0.5) is 0 Å². The zero-order chi connectivity index (χ0) is 25.9. The lowest BCUT2D eigenvalue weighted by atomic mass is 10.1. The molecule has 198 valence electrons. The molecule has 3 N–H and O–H groups in total. The number of rotatable bonds is 8. The van der Waals surface area contributed by atoms with Gasteiger partial charge in [0.05, 0.1) is 11.1 Å². The molecule has 0 radical (unpaired) electrons. The molecular formula is C28H37N5O4. The smallest absolute Gasteiger partial charge is 0.323 e. The molecule has 1 fully saturated rings. The lowest BCUT2D eigenvalue weighted by Crippen LogP contribution is -2.49. The van der Waals surface area contributed by atoms with E-state index in [2.05, 4.69) is 20.9 Å². The Morgan fingerprint density at radius 3 is 1.92 bits per heavy atom. The summed E-state index contributed by atoms with van der Waals surface area (Å²) in [7, 11) is 0. The molecular weight excluding hydrogens is 470 g/mol. The van der Waals surface area contributed by atoms with Crippen LogP contribution >= 0.6 is 0 Å². The second-order valence-corrected chi connectivity index (χ2v) is 9.34. The van der Waals surface area contributed by atoms with E-state index in [0.29, 0.717) is 37.1 Å². The van der Waals surface area contributed by atoms with Crippen LogP contribution in [0.2, 0.25) is 0 Å². The van der Waals surface area contributed by atoms with Crippen LogP contribution in [0.3, 0.4) is 0 Å². The van der Waals surface area contributed by atoms with Gasteiger partial charge in [-0.2, -0.15) is 0 Å². The van der Waals surface area contributed by atoms with Gasteiger partial charge in [0.15, 0.2) is 0 Å². The summed E-state index contributed by atoms with van der Waals surface area (Å²) in [5, 5.41) is 10.2. The average Bonchev–Trinajstić information content (AvgIpc) is 3.16. The second kappa shape index (κ2) is 14.0. The topological polar surface area (TPSA) is 103 Å². The van der Waals surface area contributed by atoms with Crippen LogP contribution in [-0.4, -0.2) is 92.5 Å². The third-order valence-electron chi connectivity index (χ3n) is 6.78. The minimum atomic E-state index is -0.469. The van der Waals surface area contributed by atoms with Crippen LogP contribution in [-0.2, 0) is 16.1 Å². The number of esters is 1. The van der Waals surface area contributed by atoms with Gasteiger partial charge >= 0.3 is 5.97 Å². The summed E-state index contributed by atoms with van der Waals surface area (Å²) < 4.78 is 5.75. The summed E-state index contributed by atoms with van der Waals surface area (Å²) in [6.07, 6.45) is 1.00. The van der Waals surface area contributed by atoms with Gasteiger partial charge in [0, 0.05) is 58.9 Å². The Bertz CT molecular complexity index is 1000. The Balaban J connectivity index is 1.41. The predicted molar refractivity (Wildman–Crippen MR) is 141 cm³/mol. The van der Waals surface area contributed by atoms with Gasteiger partial charge in [-0.15, -0.1) is 0 Å². The number of nitrogens with one attached hydrogen (secondary N) is 3. The van der Waals surface area contributed by atoms with Crippen molar-refractivity contribution in [2.24, 2.45) is 0 Å². The van der Waals surface area contributed by atoms with Crippen molar-refractivity contribution in [3.05, 3.63) is 71.3 Å². The number of ether oxygens (including phenoxy) is 1. The standard InChI is InChI=1S/C28H37N5O4/c34-26-23-9-4-5-10-24(23)27(35)33(26)18-6-11-25(28(36)37-21-22-7-2-1-3-8-22)32-19-16-30-14-12-29-13-15-31-17-20-32/h1-5,7-10,25,29-31H,6,11-21H2. The molecule has 37 heavy (non-hydrogen) atoms. The molecule has 9 heteroatoms. The maximum absolute atomic E-state index is 13.4. The molecule has 0 aromatic heterocycles. The number of benzene rings is 2. The van der Waals surface area contributed by atoms with Crippen molar-refractivity contribution >= 4 is 17.8 Å². The summed E-state index contributed by atoms with van der Waals surface area (Å²) in [4.78, 5) is 42.4. The van der Waals surface area contributed by atoms with Gasteiger partial charge in [0.25, 0.3) is 11.8 Å². The Kier molecular flexibility index (Phi) is 10.2. The van der Waals surface area contributed by atoms with Crippen LogP contribution < -0.4 is 16.0 Å². The molecule has 9 nitrogen and oxygen atoms in total. The van der Waals surface area contributed by atoms with Gasteiger partial charge in [0.1, 0.15) is 12.6 Å². The highest BCUT2D eigenvalue weighted by Gasteiger charge is 2.35. The highest BCUT2D eigenvalue weighted by atomic mass is 16.5. The van der Waals surface area contributed by atoms with Crippen LogP contribution in [0.25, 0.3) is 0 Å². The van der Waals surface area contributed by atoms with Gasteiger partial charge in [-0.3, -0.25) is 24.2 Å². The monoisotopic (exact) mass is 507 g/mol. The van der Waals surface area contributed by atoms with E-state index < -0.39 is 6.04 Å². The molecule has 2 aliphatic heterocycles. The third kappa shape index (κ3) is 7.45. The number of nitrogens with zero attached hydrogens (tertiary/aromatic N) is 2. The van der Waals surface area contributed by atoms with Crippen LogP contribution in [0, 0.1) is 0 Å². The number of carbonyl (C=O) groups excluding carboxylic acids is 3. The quantitative estimate of drug-likeness (QED) is 0.363. The highest BCUT2D eigenvalue weighted by molar-refractivity contribution is 6.21. The van der Waals surface area contributed by atoms with Crippen molar-refractivity contribution in [1.82, 2.24) is 25.8 Å². The fourth-order valence-corrected chi connectivity index (χ4v) is 4.76. The number of fused-ring (bicyclic) bond motifs is 1. The minimum absolute atomic E-state index is 0.213. The SMILES string of the molecule is O=C(OCc1ccccc1)C(CCCN1C(=O)c2ccccc2C1=O)N1CCNCCNCCNCC1. The van der Waals surface area contributed by atoms with E-state index in [1.165, 1.54) is 4.90 Å². The number of amides is 2. The van der Waals surface area contributed by atoms with Gasteiger partial charge < -0.3 is 20.7 Å². The fraction of sp³-hybridized carbons (Fsp3) is 0.464. The van der Waals surface area contributed by atoms with E-state index >= 15 is 0 Å². The average molecular weight is 508 g/mol. The summed E-state index contributed by atoms with van der Waals surface area (Å²) in [6.45, 7) is 6.88. The molecule has 0 aliphatic carbocycles. The van der Waals surface area contributed by atoms with Crippen molar-refractivity contribution in [3.63, 3.8) is 0 Å². The highest BCUT2D eigenvalue weighted by Crippen LogP contribution is 2.23. The molecule has 2 aliphatic rings. The number of hydrogen-bond donors (Lipinski definition) is 3. The van der Waals surface area contributed by atoms with Crippen molar-refractivity contribution in [2.75, 3.05) is 58.9 Å². The molecule has 0 spiro atoms. The van der Waals surface area contributed by atoms with Crippen LogP contribution in [0.5, 0.6) is 0 Å². The maximum atomic E-state index is 13.4. The molecule has 2 aromatic rings. The normalized spacial score (nSPS) is 18.5. The number of hydrogen-bond acceptors (Lipinski definition) is 8. The molecule has 2 heterocycles. The lowest BCUT2D eigenvalue weighted by Gasteiger charge is -2.31. The zero-order valence-corrected chi connectivity index (χ0v) is 21.3. The van der Waals surface area contributed by atoms with E-state index in [0.717, 1.165) is 44.8 Å². The van der Waals surface area contributed by atoms with Crippen molar-refractivity contribution in [1.29, 1.82) is 0 Å². The van der Waals surface area contributed by atoms with Crippen molar-refractivity contribution in [2.45, 2.75) is 25.5 Å². The van der Waals surface area contributed by atoms with Gasteiger partial charge in [-0.25, -0.2) is 0 Å². The summed E-state index contributed by atoms with van der Waals surface area (Å²) in [5.41, 5.74) is 1.83. The number of imide groups is 1. The van der Waals surface area contributed by atoms with Gasteiger partial charge in [-0.05, 0) is 30.5 Å². The Hall–Kier alpha value is -3.11. The Morgan fingerprint density at radius 2 is 1.32 bits per heavy atom. The molecule has 4 rings (SSSR count). The van der Waals surface area contributed by atoms with Crippen molar-refractivity contribution < 1.29 is 19.1 Å². The van der Waals surface area contributed by atoms with E-state index in [1.54, 1.807) is 24.3 Å². The van der Waals surface area contributed by atoms with E-state index in [4.69, 9.17) is 4.74 Å². The molecule has 0 saturated carbocycles. The van der Waals surface area contributed by atoms with Crippen LogP contribution in [0.1, 0.15) is 39.1 Å². The molecule has 1 saturated heterocycles. The minimum Gasteiger partial charge on any atom is -0.460 e. The first-order valence-electron chi connectivity index (χ1n) is 13.2. The molecule has 2 aromatic carbocycles. The van der Waals surface area contributed by atoms with Gasteiger partial charge in [0.2, 0.25) is 0 Å². The molecule has 1 atom stereocenters. The molecule has 2 amide bonds. The Labute approximate surface area is 218 Å². The first kappa shape index (κ1) is 26.9. The molecule has 0 bridgehead atoms. The van der Waals surface area contributed by atoms with E-state index in [1.807, 2.05) is 30.3 Å². The van der Waals surface area contributed by atoms with E-state index in [-0.39, 0.29) is 30.9 Å². The second-order valence-electron chi connectivity index (χ2n) is 9.34. The van der Waals surface area contributed by atoms with Crippen molar-refractivity contribution in [3.8, 4) is 0 Å². The zero-order valence-electron chi connectivity index (χ0n) is 21.3. The lowest BCUT2D eigenvalue weighted by molar-refractivity contribution is -0.151. The van der Waals surface area contributed by atoms with Crippen LogP contribution in [0.15, 0.2) is 54.6 Å². The largest absolute Gasteiger partial charge is 0.460 e. The summed E-state index contributed by atoms with van der Waals surface area (Å²) in [5.74, 6) is -0.811. The fourth-order valence-electron chi connectivity index (χ4n) is 4.76. The van der Waals surface area contributed by atoms with Gasteiger partial charge in [-0.1, -0.05) is 42.5 Å². The maximum Gasteiger partial charge on any atom is 0.323 e. The van der Waals surface area contributed by atoms with E-state index in [9.17, 15) is 14.4 Å².